The number of rotatable bonds is 4. The quantitative estimate of drug-likeness (QED) is 0.760. The van der Waals surface area contributed by atoms with Crippen molar-refractivity contribution >= 4 is 17.0 Å². The fraction of sp³-hybridized carbons (Fsp3) is 0.529. The minimum atomic E-state index is 0. The van der Waals surface area contributed by atoms with Crippen LogP contribution in [0.2, 0.25) is 0 Å². The molecule has 3 heteroatoms. The standard InChI is InChI=1S/C17H25NO.BrH/c1-5-16-13(2)10-11-18(3)17(16)12-14-6-8-15(19-4)9-7-14;/h6-9,17H,5,10-12H2,1-4H3;1H. The highest BCUT2D eigenvalue weighted by Crippen LogP contribution is 2.28. The average molecular weight is 340 g/mol. The van der Waals surface area contributed by atoms with Gasteiger partial charge in [0.2, 0.25) is 0 Å². The van der Waals surface area contributed by atoms with Crippen molar-refractivity contribution in [3.63, 3.8) is 0 Å². The third kappa shape index (κ3) is 3.86. The summed E-state index contributed by atoms with van der Waals surface area (Å²) in [5, 5.41) is 0. The molecule has 0 aromatic heterocycles. The van der Waals surface area contributed by atoms with Crippen LogP contribution in [-0.4, -0.2) is 31.6 Å². The highest BCUT2D eigenvalue weighted by atomic mass is 79.9. The van der Waals surface area contributed by atoms with Crippen molar-refractivity contribution in [3.8, 4) is 5.75 Å². The van der Waals surface area contributed by atoms with Gasteiger partial charge < -0.3 is 4.74 Å². The number of halogens is 1. The lowest BCUT2D eigenvalue weighted by Crippen LogP contribution is -2.39. The van der Waals surface area contributed by atoms with Crippen LogP contribution < -0.4 is 4.74 Å². The average Bonchev–Trinajstić information content (AvgIpc) is 2.44. The third-order valence-corrected chi connectivity index (χ3v) is 4.29. The maximum atomic E-state index is 5.22. The lowest BCUT2D eigenvalue weighted by Gasteiger charge is -2.36. The first kappa shape index (κ1) is 17.3. The second kappa shape index (κ2) is 7.84. The molecule has 0 aliphatic carbocycles. The van der Waals surface area contributed by atoms with Crippen LogP contribution in [-0.2, 0) is 6.42 Å². The summed E-state index contributed by atoms with van der Waals surface area (Å²) in [6, 6.07) is 9.04. The minimum Gasteiger partial charge on any atom is -0.497 e. The van der Waals surface area contributed by atoms with Crippen LogP contribution in [0.15, 0.2) is 35.4 Å². The predicted octanol–water partition coefficient (Wildman–Crippen LogP) is 4.25. The van der Waals surface area contributed by atoms with Crippen LogP contribution in [0.5, 0.6) is 5.75 Å². The summed E-state index contributed by atoms with van der Waals surface area (Å²) in [6.07, 6.45) is 3.48. The summed E-state index contributed by atoms with van der Waals surface area (Å²) in [5.74, 6) is 0.934. The van der Waals surface area contributed by atoms with Gasteiger partial charge in [0.25, 0.3) is 0 Å². The number of benzene rings is 1. The van der Waals surface area contributed by atoms with Crippen molar-refractivity contribution in [1.29, 1.82) is 0 Å². The van der Waals surface area contributed by atoms with E-state index in [4.69, 9.17) is 4.74 Å². The van der Waals surface area contributed by atoms with Crippen molar-refractivity contribution in [2.45, 2.75) is 39.2 Å². The van der Waals surface area contributed by atoms with Gasteiger partial charge in [-0.05, 0) is 50.9 Å². The molecule has 1 aliphatic heterocycles. The third-order valence-electron chi connectivity index (χ3n) is 4.29. The molecule has 1 aromatic carbocycles. The Labute approximate surface area is 133 Å². The zero-order valence-corrected chi connectivity index (χ0v) is 14.7. The molecule has 1 aromatic rings. The molecule has 2 nitrogen and oxygen atoms in total. The lowest BCUT2D eigenvalue weighted by atomic mass is 9.88. The van der Waals surface area contributed by atoms with E-state index >= 15 is 0 Å². The summed E-state index contributed by atoms with van der Waals surface area (Å²) in [6.45, 7) is 5.75. The number of nitrogens with zero attached hydrogens (tertiary/aromatic N) is 1. The first-order valence-electron chi connectivity index (χ1n) is 7.17. The molecule has 1 aliphatic rings. The smallest absolute Gasteiger partial charge is 0.118 e. The molecule has 20 heavy (non-hydrogen) atoms. The van der Waals surface area contributed by atoms with E-state index in [1.54, 1.807) is 18.3 Å². The van der Waals surface area contributed by atoms with Crippen molar-refractivity contribution in [2.75, 3.05) is 20.7 Å². The van der Waals surface area contributed by atoms with Gasteiger partial charge in [-0.3, -0.25) is 4.90 Å². The SMILES string of the molecule is Br.CCC1=C(C)CCN(C)C1Cc1ccc(OC)cc1. The minimum absolute atomic E-state index is 0. The highest BCUT2D eigenvalue weighted by molar-refractivity contribution is 8.93. The van der Waals surface area contributed by atoms with E-state index in [1.165, 1.54) is 18.5 Å². The summed E-state index contributed by atoms with van der Waals surface area (Å²) in [4.78, 5) is 2.50. The number of hydrogen-bond donors (Lipinski definition) is 0. The molecule has 1 atom stereocenters. The molecule has 0 saturated heterocycles. The summed E-state index contributed by atoms with van der Waals surface area (Å²) in [5.41, 5.74) is 4.61. The molecule has 1 heterocycles. The van der Waals surface area contributed by atoms with Crippen molar-refractivity contribution in [3.05, 3.63) is 41.0 Å². The zero-order valence-electron chi connectivity index (χ0n) is 13.0. The Hall–Kier alpha value is -0.800. The molecule has 0 saturated carbocycles. The molecule has 0 radical (unpaired) electrons. The number of ether oxygens (including phenoxy) is 1. The largest absolute Gasteiger partial charge is 0.497 e. The van der Waals surface area contributed by atoms with E-state index < -0.39 is 0 Å². The van der Waals surface area contributed by atoms with Crippen LogP contribution in [0.1, 0.15) is 32.3 Å². The van der Waals surface area contributed by atoms with Gasteiger partial charge in [-0.15, -0.1) is 17.0 Å². The van der Waals surface area contributed by atoms with Gasteiger partial charge in [-0.2, -0.15) is 0 Å². The van der Waals surface area contributed by atoms with Gasteiger partial charge in [0.05, 0.1) is 7.11 Å². The van der Waals surface area contributed by atoms with Gasteiger partial charge in [0, 0.05) is 12.6 Å². The van der Waals surface area contributed by atoms with E-state index in [1.807, 2.05) is 0 Å². The number of hydrogen-bond acceptors (Lipinski definition) is 2. The Kier molecular flexibility index (Phi) is 6.77. The summed E-state index contributed by atoms with van der Waals surface area (Å²) >= 11 is 0. The summed E-state index contributed by atoms with van der Waals surface area (Å²) < 4.78 is 5.22. The molecule has 112 valence electrons. The van der Waals surface area contributed by atoms with Gasteiger partial charge in [0.15, 0.2) is 0 Å². The lowest BCUT2D eigenvalue weighted by molar-refractivity contribution is 0.251. The first-order valence-corrected chi connectivity index (χ1v) is 7.17. The second-order valence-corrected chi connectivity index (χ2v) is 5.46. The molecule has 0 N–H and O–H groups in total. The first-order chi connectivity index (χ1) is 9.15. The van der Waals surface area contributed by atoms with Gasteiger partial charge in [-0.25, -0.2) is 0 Å². The van der Waals surface area contributed by atoms with E-state index in [9.17, 15) is 0 Å². The molecule has 0 fully saturated rings. The van der Waals surface area contributed by atoms with E-state index in [-0.39, 0.29) is 17.0 Å². The molecule has 0 spiro atoms. The van der Waals surface area contributed by atoms with Crippen LogP contribution in [0.3, 0.4) is 0 Å². The second-order valence-electron chi connectivity index (χ2n) is 5.46. The highest BCUT2D eigenvalue weighted by Gasteiger charge is 2.24. The monoisotopic (exact) mass is 339 g/mol. The van der Waals surface area contributed by atoms with Crippen LogP contribution in [0, 0.1) is 0 Å². The Morgan fingerprint density at radius 2 is 1.90 bits per heavy atom. The number of likely N-dealkylation sites (N-methyl/N-ethyl adjacent to an activating group) is 1. The summed E-state index contributed by atoms with van der Waals surface area (Å²) in [7, 11) is 3.96. The zero-order chi connectivity index (χ0) is 13.8. The molecule has 2 rings (SSSR count). The van der Waals surface area contributed by atoms with Crippen LogP contribution >= 0.6 is 17.0 Å². The fourth-order valence-electron chi connectivity index (χ4n) is 3.01. The van der Waals surface area contributed by atoms with E-state index in [0.717, 1.165) is 18.6 Å². The Bertz CT molecular complexity index is 453. The van der Waals surface area contributed by atoms with Crippen LogP contribution in [0.25, 0.3) is 0 Å². The van der Waals surface area contributed by atoms with E-state index in [2.05, 4.69) is 50.1 Å². The molecular formula is C17H26BrNO. The van der Waals surface area contributed by atoms with Gasteiger partial charge >= 0.3 is 0 Å². The number of methoxy groups -OCH3 is 1. The maximum absolute atomic E-state index is 5.22. The Balaban J connectivity index is 0.00000200. The topological polar surface area (TPSA) is 12.5 Å². The predicted molar refractivity (Wildman–Crippen MR) is 91.0 cm³/mol. The van der Waals surface area contributed by atoms with Crippen molar-refractivity contribution in [2.24, 2.45) is 0 Å². The van der Waals surface area contributed by atoms with Gasteiger partial charge in [-0.1, -0.05) is 30.2 Å². The molecule has 0 amide bonds. The maximum Gasteiger partial charge on any atom is 0.118 e. The van der Waals surface area contributed by atoms with Crippen molar-refractivity contribution < 1.29 is 4.74 Å². The fourth-order valence-corrected chi connectivity index (χ4v) is 3.01. The molecule has 0 bridgehead atoms. The van der Waals surface area contributed by atoms with Crippen LogP contribution in [0.4, 0.5) is 0 Å². The van der Waals surface area contributed by atoms with Gasteiger partial charge in [0.1, 0.15) is 5.75 Å². The normalized spacial score (nSPS) is 19.7. The molecular weight excluding hydrogens is 314 g/mol. The molecule has 1 unspecified atom stereocenters. The Morgan fingerprint density at radius 1 is 1.25 bits per heavy atom. The van der Waals surface area contributed by atoms with E-state index in [0.29, 0.717) is 6.04 Å². The van der Waals surface area contributed by atoms with Crippen molar-refractivity contribution in [1.82, 2.24) is 4.90 Å². The Morgan fingerprint density at radius 3 is 2.45 bits per heavy atom.